The first-order valence-electron chi connectivity index (χ1n) is 6.23. The Morgan fingerprint density at radius 2 is 1.68 bits per heavy atom. The second kappa shape index (κ2) is 6.01. The lowest BCUT2D eigenvalue weighted by Crippen LogP contribution is -1.82. The second-order valence-corrected chi connectivity index (χ2v) is 4.48. The molecule has 1 N–H and O–H groups in total. The summed E-state index contributed by atoms with van der Waals surface area (Å²) in [6.07, 6.45) is 9.67. The van der Waals surface area contributed by atoms with Crippen LogP contribution >= 0.6 is 0 Å². The van der Waals surface area contributed by atoms with E-state index in [0.29, 0.717) is 5.75 Å². The van der Waals surface area contributed by atoms with E-state index in [1.54, 1.807) is 6.20 Å². The number of hydrogen-bond donors (Lipinski definition) is 1. The molecule has 0 radical (unpaired) electrons. The Kier molecular flexibility index (Phi) is 4.14. The number of aromatic hydroxyl groups is 1. The maximum Gasteiger partial charge on any atom is 0.121 e. The van der Waals surface area contributed by atoms with Gasteiger partial charge in [-0.15, -0.1) is 0 Å². The molecule has 2 aromatic rings. The summed E-state index contributed by atoms with van der Waals surface area (Å²) >= 11 is 0. The van der Waals surface area contributed by atoms with Crippen molar-refractivity contribution in [3.05, 3.63) is 71.1 Å². The van der Waals surface area contributed by atoms with Crippen molar-refractivity contribution in [1.82, 2.24) is 4.98 Å². The highest BCUT2D eigenvalue weighted by Crippen LogP contribution is 2.23. The summed E-state index contributed by atoms with van der Waals surface area (Å²) in [6.45, 7) is 3.81. The summed E-state index contributed by atoms with van der Waals surface area (Å²) in [4.78, 5) is 4.21. The molecule has 1 aromatic heterocycles. The van der Waals surface area contributed by atoms with Gasteiger partial charge in [-0.2, -0.15) is 0 Å². The number of aromatic nitrogens is 1. The molecule has 96 valence electrons. The topological polar surface area (TPSA) is 33.1 Å². The average Bonchev–Trinajstić information content (AvgIpc) is 2.42. The highest BCUT2D eigenvalue weighted by Gasteiger charge is 2.00. The molecule has 0 bridgehead atoms. The minimum atomic E-state index is 0.376. The fourth-order valence-corrected chi connectivity index (χ4v) is 1.88. The van der Waals surface area contributed by atoms with E-state index in [1.165, 1.54) is 0 Å². The van der Waals surface area contributed by atoms with Gasteiger partial charge in [-0.3, -0.25) is 4.98 Å². The highest BCUT2D eigenvalue weighted by atomic mass is 16.3. The first-order valence-corrected chi connectivity index (χ1v) is 6.23. The Morgan fingerprint density at radius 3 is 2.32 bits per heavy atom. The van der Waals surface area contributed by atoms with E-state index in [2.05, 4.69) is 4.98 Å². The van der Waals surface area contributed by atoms with Gasteiger partial charge in [-0.1, -0.05) is 24.3 Å². The predicted octanol–water partition coefficient (Wildman–Crippen LogP) is 4.13. The monoisotopic (exact) mass is 251 g/mol. The Balaban J connectivity index is 2.09. The summed E-state index contributed by atoms with van der Waals surface area (Å²) in [7, 11) is 0. The first kappa shape index (κ1) is 13.1. The van der Waals surface area contributed by atoms with E-state index in [4.69, 9.17) is 0 Å². The third-order valence-electron chi connectivity index (χ3n) is 2.87. The van der Waals surface area contributed by atoms with Crippen LogP contribution in [0.1, 0.15) is 22.4 Å². The van der Waals surface area contributed by atoms with Gasteiger partial charge in [0.05, 0.1) is 5.69 Å². The minimum Gasteiger partial charge on any atom is -0.507 e. The van der Waals surface area contributed by atoms with E-state index in [9.17, 15) is 5.11 Å². The Hall–Kier alpha value is -2.35. The number of phenols is 1. The summed E-state index contributed by atoms with van der Waals surface area (Å²) in [5.41, 5.74) is 3.81. The normalized spacial score (nSPS) is 11.5. The number of allylic oxidation sites excluding steroid dienone is 2. The van der Waals surface area contributed by atoms with Crippen molar-refractivity contribution in [3.63, 3.8) is 0 Å². The Morgan fingerprint density at radius 1 is 1.00 bits per heavy atom. The number of pyridine rings is 1. The molecule has 1 aromatic carbocycles. The Bertz CT molecular complexity index is 589. The van der Waals surface area contributed by atoms with Gasteiger partial charge in [0.1, 0.15) is 5.75 Å². The van der Waals surface area contributed by atoms with E-state index in [0.717, 1.165) is 22.4 Å². The maximum absolute atomic E-state index is 9.70. The molecule has 0 aliphatic heterocycles. The zero-order valence-electron chi connectivity index (χ0n) is 11.2. The van der Waals surface area contributed by atoms with E-state index in [1.807, 2.05) is 68.5 Å². The molecule has 0 amide bonds. The zero-order chi connectivity index (χ0) is 13.7. The number of nitrogens with zero attached hydrogens (tertiary/aromatic N) is 1. The molecule has 0 unspecified atom stereocenters. The number of rotatable bonds is 3. The van der Waals surface area contributed by atoms with Crippen molar-refractivity contribution >= 4 is 12.2 Å². The van der Waals surface area contributed by atoms with Crippen LogP contribution in [0.3, 0.4) is 0 Å². The van der Waals surface area contributed by atoms with Gasteiger partial charge >= 0.3 is 0 Å². The third kappa shape index (κ3) is 3.55. The van der Waals surface area contributed by atoms with Gasteiger partial charge in [0.2, 0.25) is 0 Å². The van der Waals surface area contributed by atoms with Gasteiger partial charge in [0.15, 0.2) is 0 Å². The number of hydrogen-bond acceptors (Lipinski definition) is 2. The highest BCUT2D eigenvalue weighted by molar-refractivity contribution is 5.59. The number of aryl methyl sites for hydroxylation is 2. The standard InChI is InChI=1S/C17H17NO/c1-13-11-15(12-14(2)17(13)19)7-3-4-8-16-9-5-6-10-18-16/h3-12,19H,1-2H3/b7-3+,8-4+. The van der Waals surface area contributed by atoms with Crippen LogP contribution in [-0.4, -0.2) is 10.1 Å². The summed E-state index contributed by atoms with van der Waals surface area (Å²) in [5.74, 6) is 0.376. The van der Waals surface area contributed by atoms with Gasteiger partial charge in [-0.05, 0) is 60.9 Å². The molecule has 0 fully saturated rings. The van der Waals surface area contributed by atoms with Gasteiger partial charge in [-0.25, -0.2) is 0 Å². The Labute approximate surface area is 113 Å². The van der Waals surface area contributed by atoms with Crippen LogP contribution in [0, 0.1) is 13.8 Å². The zero-order valence-corrected chi connectivity index (χ0v) is 11.2. The molecule has 1 heterocycles. The van der Waals surface area contributed by atoms with Gasteiger partial charge in [0, 0.05) is 6.20 Å². The number of benzene rings is 1. The predicted molar refractivity (Wildman–Crippen MR) is 79.9 cm³/mol. The van der Waals surface area contributed by atoms with Crippen molar-refractivity contribution in [2.45, 2.75) is 13.8 Å². The van der Waals surface area contributed by atoms with Crippen LogP contribution in [0.5, 0.6) is 5.75 Å². The average molecular weight is 251 g/mol. The van der Waals surface area contributed by atoms with Crippen LogP contribution in [0.4, 0.5) is 0 Å². The molecule has 0 spiro atoms. The summed E-state index contributed by atoms with van der Waals surface area (Å²) in [5, 5.41) is 9.70. The largest absolute Gasteiger partial charge is 0.507 e. The first-order chi connectivity index (χ1) is 9.16. The lowest BCUT2D eigenvalue weighted by molar-refractivity contribution is 0.467. The molecule has 19 heavy (non-hydrogen) atoms. The van der Waals surface area contributed by atoms with Gasteiger partial charge < -0.3 is 5.11 Å². The van der Waals surface area contributed by atoms with Crippen molar-refractivity contribution in [2.24, 2.45) is 0 Å². The van der Waals surface area contributed by atoms with Crippen LogP contribution < -0.4 is 0 Å². The SMILES string of the molecule is Cc1cc(/C=C/C=C/c2ccccn2)cc(C)c1O. The lowest BCUT2D eigenvalue weighted by Gasteiger charge is -2.04. The van der Waals surface area contributed by atoms with E-state index in [-0.39, 0.29) is 0 Å². The maximum atomic E-state index is 9.70. The summed E-state index contributed by atoms with van der Waals surface area (Å²) in [6, 6.07) is 9.75. The molecule has 2 heteroatoms. The molecule has 2 rings (SSSR count). The molecule has 0 atom stereocenters. The summed E-state index contributed by atoms with van der Waals surface area (Å²) < 4.78 is 0. The quantitative estimate of drug-likeness (QED) is 0.832. The fourth-order valence-electron chi connectivity index (χ4n) is 1.88. The van der Waals surface area contributed by atoms with Gasteiger partial charge in [0.25, 0.3) is 0 Å². The number of phenolic OH excluding ortho intramolecular Hbond substituents is 1. The van der Waals surface area contributed by atoms with Crippen LogP contribution in [0.25, 0.3) is 12.2 Å². The van der Waals surface area contributed by atoms with E-state index >= 15 is 0 Å². The van der Waals surface area contributed by atoms with Crippen LogP contribution in [-0.2, 0) is 0 Å². The molecule has 0 saturated carbocycles. The van der Waals surface area contributed by atoms with Crippen molar-refractivity contribution in [3.8, 4) is 5.75 Å². The van der Waals surface area contributed by atoms with Crippen LogP contribution in [0.15, 0.2) is 48.7 Å². The third-order valence-corrected chi connectivity index (χ3v) is 2.87. The molecular weight excluding hydrogens is 234 g/mol. The molecular formula is C17H17NO. The van der Waals surface area contributed by atoms with E-state index < -0.39 is 0 Å². The lowest BCUT2D eigenvalue weighted by atomic mass is 10.1. The second-order valence-electron chi connectivity index (χ2n) is 4.48. The fraction of sp³-hybridized carbons (Fsp3) is 0.118. The molecule has 2 nitrogen and oxygen atoms in total. The smallest absolute Gasteiger partial charge is 0.121 e. The molecule has 0 aliphatic carbocycles. The molecule has 0 aliphatic rings. The van der Waals surface area contributed by atoms with Crippen molar-refractivity contribution in [2.75, 3.05) is 0 Å². The van der Waals surface area contributed by atoms with Crippen molar-refractivity contribution in [1.29, 1.82) is 0 Å². The van der Waals surface area contributed by atoms with Crippen molar-refractivity contribution < 1.29 is 5.11 Å². The minimum absolute atomic E-state index is 0.376. The molecule has 0 saturated heterocycles. The van der Waals surface area contributed by atoms with Crippen LogP contribution in [0.2, 0.25) is 0 Å².